The number of anilines is 1. The van der Waals surface area contributed by atoms with E-state index in [0.29, 0.717) is 18.3 Å². The highest BCUT2D eigenvalue weighted by Crippen LogP contribution is 2.30. The molecular weight excluding hydrogens is 290 g/mol. The summed E-state index contributed by atoms with van der Waals surface area (Å²) < 4.78 is 0. The van der Waals surface area contributed by atoms with Crippen LogP contribution in [0.3, 0.4) is 0 Å². The summed E-state index contributed by atoms with van der Waals surface area (Å²) in [5.74, 6) is 0. The number of nitro groups is 1. The van der Waals surface area contributed by atoms with Crippen molar-refractivity contribution in [3.8, 4) is 0 Å². The summed E-state index contributed by atoms with van der Waals surface area (Å²) in [5.41, 5.74) is 4.37. The first-order valence-corrected chi connectivity index (χ1v) is 7.95. The fourth-order valence-electron chi connectivity index (χ4n) is 3.26. The molecule has 1 aliphatic rings. The minimum atomic E-state index is -0.342. The zero-order chi connectivity index (χ0) is 16.2. The Morgan fingerprint density at radius 1 is 1.26 bits per heavy atom. The Hall–Kier alpha value is -2.40. The van der Waals surface area contributed by atoms with Crippen LogP contribution in [-0.4, -0.2) is 12.0 Å². The molecule has 0 bridgehead atoms. The van der Waals surface area contributed by atoms with Crippen molar-refractivity contribution in [2.75, 3.05) is 12.4 Å². The Balaban J connectivity index is 1.74. The largest absolute Gasteiger partial charge is 0.383 e. The molecule has 1 atom stereocenters. The molecule has 0 fully saturated rings. The summed E-state index contributed by atoms with van der Waals surface area (Å²) in [5, 5.41) is 17.6. The Kier molecular flexibility index (Phi) is 4.57. The molecule has 5 heteroatoms. The molecule has 0 aromatic heterocycles. The molecule has 0 amide bonds. The molecule has 0 radical (unpaired) electrons. The molecule has 23 heavy (non-hydrogen) atoms. The van der Waals surface area contributed by atoms with Crippen LogP contribution in [-0.2, 0) is 13.0 Å². The fourth-order valence-corrected chi connectivity index (χ4v) is 3.26. The summed E-state index contributed by atoms with van der Waals surface area (Å²) in [6, 6.07) is 14.2. The minimum Gasteiger partial charge on any atom is -0.383 e. The van der Waals surface area contributed by atoms with Crippen molar-refractivity contribution < 1.29 is 4.92 Å². The molecule has 2 aromatic rings. The van der Waals surface area contributed by atoms with Crippen LogP contribution in [0.4, 0.5) is 11.4 Å². The van der Waals surface area contributed by atoms with Crippen LogP contribution in [0.5, 0.6) is 0 Å². The van der Waals surface area contributed by atoms with E-state index >= 15 is 0 Å². The molecule has 0 saturated heterocycles. The highest BCUT2D eigenvalue weighted by molar-refractivity contribution is 5.62. The minimum absolute atomic E-state index is 0.121. The van der Waals surface area contributed by atoms with Crippen molar-refractivity contribution in [3.05, 3.63) is 69.3 Å². The van der Waals surface area contributed by atoms with Gasteiger partial charge in [0, 0.05) is 25.7 Å². The lowest BCUT2D eigenvalue weighted by Gasteiger charge is -2.26. The smallest absolute Gasteiger partial charge is 0.292 e. The Bertz CT molecular complexity index is 715. The Labute approximate surface area is 135 Å². The second-order valence-corrected chi connectivity index (χ2v) is 5.88. The number of nitrogens with one attached hydrogen (secondary N) is 2. The van der Waals surface area contributed by atoms with E-state index in [4.69, 9.17) is 0 Å². The van der Waals surface area contributed by atoms with Crippen LogP contribution < -0.4 is 10.6 Å². The third-order valence-electron chi connectivity index (χ3n) is 4.45. The monoisotopic (exact) mass is 311 g/mol. The zero-order valence-electron chi connectivity index (χ0n) is 13.2. The zero-order valence-corrected chi connectivity index (χ0v) is 13.2. The normalized spacial score (nSPS) is 16.7. The molecule has 0 unspecified atom stereocenters. The Morgan fingerprint density at radius 3 is 2.87 bits per heavy atom. The van der Waals surface area contributed by atoms with Gasteiger partial charge in [-0.1, -0.05) is 30.3 Å². The van der Waals surface area contributed by atoms with Gasteiger partial charge in [0.15, 0.2) is 0 Å². The van der Waals surface area contributed by atoms with Crippen LogP contribution in [0.25, 0.3) is 0 Å². The summed E-state index contributed by atoms with van der Waals surface area (Å²) in [7, 11) is 1.69. The molecule has 0 heterocycles. The third-order valence-corrected chi connectivity index (χ3v) is 4.45. The molecular formula is C18H21N3O2. The van der Waals surface area contributed by atoms with Gasteiger partial charge in [0.2, 0.25) is 0 Å². The van der Waals surface area contributed by atoms with Crippen molar-refractivity contribution in [3.63, 3.8) is 0 Å². The van der Waals surface area contributed by atoms with E-state index in [1.807, 2.05) is 6.07 Å². The van der Waals surface area contributed by atoms with Gasteiger partial charge in [-0.15, -0.1) is 0 Å². The lowest BCUT2D eigenvalue weighted by molar-refractivity contribution is -0.384. The quantitative estimate of drug-likeness (QED) is 0.651. The van der Waals surface area contributed by atoms with Crippen LogP contribution >= 0.6 is 0 Å². The second kappa shape index (κ2) is 6.79. The molecule has 3 rings (SSSR count). The van der Waals surface area contributed by atoms with Crippen molar-refractivity contribution in [1.29, 1.82) is 0 Å². The molecule has 2 aromatic carbocycles. The van der Waals surface area contributed by atoms with Gasteiger partial charge < -0.3 is 10.6 Å². The van der Waals surface area contributed by atoms with E-state index in [1.165, 1.54) is 17.5 Å². The molecule has 5 nitrogen and oxygen atoms in total. The van der Waals surface area contributed by atoms with Crippen molar-refractivity contribution in [2.45, 2.75) is 31.8 Å². The summed E-state index contributed by atoms with van der Waals surface area (Å²) in [6.45, 7) is 0.629. The van der Waals surface area contributed by atoms with Crippen LogP contribution in [0.15, 0.2) is 42.5 Å². The van der Waals surface area contributed by atoms with Crippen LogP contribution in [0, 0.1) is 10.1 Å². The predicted molar refractivity (Wildman–Crippen MR) is 91.6 cm³/mol. The molecule has 2 N–H and O–H groups in total. The topological polar surface area (TPSA) is 67.2 Å². The SMILES string of the molecule is CNc1ccc(CN[C@@H]2CCCc3ccccc32)cc1[N+](=O)[O-]. The Morgan fingerprint density at radius 2 is 2.09 bits per heavy atom. The average molecular weight is 311 g/mol. The van der Waals surface area contributed by atoms with E-state index < -0.39 is 0 Å². The standard InChI is InChI=1S/C18H21N3O2/c1-19-17-10-9-13(11-18(17)21(22)23)12-20-16-8-4-6-14-5-2-3-7-15(14)16/h2-3,5,7,9-11,16,19-20H,4,6,8,12H2,1H3/t16-/m1/s1. The molecule has 120 valence electrons. The molecule has 0 aliphatic heterocycles. The number of hydrogen-bond donors (Lipinski definition) is 2. The molecule has 0 spiro atoms. The van der Waals surface area contributed by atoms with Gasteiger partial charge in [-0.3, -0.25) is 10.1 Å². The second-order valence-electron chi connectivity index (χ2n) is 5.88. The van der Waals surface area contributed by atoms with Gasteiger partial charge in [0.05, 0.1) is 4.92 Å². The van der Waals surface area contributed by atoms with Gasteiger partial charge in [-0.25, -0.2) is 0 Å². The van der Waals surface area contributed by atoms with E-state index in [-0.39, 0.29) is 10.6 Å². The highest BCUT2D eigenvalue weighted by atomic mass is 16.6. The lowest BCUT2D eigenvalue weighted by Crippen LogP contribution is -2.24. The first kappa shape index (κ1) is 15.5. The maximum atomic E-state index is 11.1. The maximum Gasteiger partial charge on any atom is 0.292 e. The van der Waals surface area contributed by atoms with Crippen molar-refractivity contribution in [1.82, 2.24) is 5.32 Å². The molecule has 1 aliphatic carbocycles. The number of nitro benzene ring substituents is 1. The van der Waals surface area contributed by atoms with E-state index in [2.05, 4.69) is 34.9 Å². The number of hydrogen-bond acceptors (Lipinski definition) is 4. The van der Waals surface area contributed by atoms with Crippen molar-refractivity contribution >= 4 is 11.4 Å². The first-order valence-electron chi connectivity index (χ1n) is 7.95. The van der Waals surface area contributed by atoms with Gasteiger partial charge >= 0.3 is 0 Å². The number of fused-ring (bicyclic) bond motifs is 1. The van der Waals surface area contributed by atoms with Gasteiger partial charge in [-0.05, 0) is 42.0 Å². The van der Waals surface area contributed by atoms with Gasteiger partial charge in [-0.2, -0.15) is 0 Å². The first-order chi connectivity index (χ1) is 11.2. The average Bonchev–Trinajstić information content (AvgIpc) is 2.59. The number of rotatable bonds is 5. The third kappa shape index (κ3) is 3.35. The number of benzene rings is 2. The van der Waals surface area contributed by atoms with E-state index in [1.54, 1.807) is 19.2 Å². The number of nitrogens with zero attached hydrogens (tertiary/aromatic N) is 1. The predicted octanol–water partition coefficient (Wildman–Crippen LogP) is 3.80. The summed E-state index contributed by atoms with van der Waals surface area (Å²) >= 11 is 0. The maximum absolute atomic E-state index is 11.1. The van der Waals surface area contributed by atoms with Gasteiger partial charge in [0.1, 0.15) is 5.69 Å². The summed E-state index contributed by atoms with van der Waals surface area (Å²) in [4.78, 5) is 10.8. The van der Waals surface area contributed by atoms with E-state index in [9.17, 15) is 10.1 Å². The van der Waals surface area contributed by atoms with Crippen molar-refractivity contribution in [2.24, 2.45) is 0 Å². The van der Waals surface area contributed by atoms with Gasteiger partial charge in [0.25, 0.3) is 5.69 Å². The fraction of sp³-hybridized carbons (Fsp3) is 0.333. The van der Waals surface area contributed by atoms with E-state index in [0.717, 1.165) is 18.4 Å². The number of aryl methyl sites for hydroxylation is 1. The van der Waals surface area contributed by atoms with Crippen LogP contribution in [0.1, 0.15) is 35.6 Å². The molecule has 0 saturated carbocycles. The highest BCUT2D eigenvalue weighted by Gasteiger charge is 2.19. The van der Waals surface area contributed by atoms with Crippen LogP contribution in [0.2, 0.25) is 0 Å². The summed E-state index contributed by atoms with van der Waals surface area (Å²) in [6.07, 6.45) is 3.41. The lowest BCUT2D eigenvalue weighted by atomic mass is 9.87.